The lowest BCUT2D eigenvalue weighted by Crippen LogP contribution is -2.23. The molecule has 4 heteroatoms. The van der Waals surface area contributed by atoms with E-state index < -0.39 is 6.09 Å². The Morgan fingerprint density at radius 2 is 2.54 bits per heavy atom. The number of ether oxygens (including phenoxy) is 1. The smallest absolute Gasteiger partial charge is 0.407 e. The Balaban J connectivity index is 2.15. The van der Waals surface area contributed by atoms with Crippen LogP contribution in [0.2, 0.25) is 0 Å². The summed E-state index contributed by atoms with van der Waals surface area (Å²) in [5, 5.41) is 2.56. The van der Waals surface area contributed by atoms with Gasteiger partial charge in [-0.25, -0.2) is 4.79 Å². The van der Waals surface area contributed by atoms with Crippen molar-refractivity contribution in [3.8, 4) is 0 Å². The monoisotopic (exact) mass is 183 g/mol. The van der Waals surface area contributed by atoms with Crippen LogP contribution in [0, 0.1) is 0 Å². The number of furan rings is 1. The van der Waals surface area contributed by atoms with Crippen LogP contribution in [0.3, 0.4) is 0 Å². The van der Waals surface area contributed by atoms with Crippen LogP contribution in [0.5, 0.6) is 0 Å². The summed E-state index contributed by atoms with van der Waals surface area (Å²) in [6.07, 6.45) is 1.99. The molecule has 72 valence electrons. The third-order valence-electron chi connectivity index (χ3n) is 1.42. The lowest BCUT2D eigenvalue weighted by Gasteiger charge is -2.03. The summed E-state index contributed by atoms with van der Waals surface area (Å²) in [4.78, 5) is 10.9. The molecule has 1 aromatic rings. The van der Waals surface area contributed by atoms with Gasteiger partial charge in [-0.15, -0.1) is 0 Å². The Morgan fingerprint density at radius 3 is 3.15 bits per heavy atom. The van der Waals surface area contributed by atoms with Gasteiger partial charge >= 0.3 is 6.09 Å². The molecule has 1 N–H and O–H groups in total. The fourth-order valence-electron chi connectivity index (χ4n) is 0.818. The summed E-state index contributed by atoms with van der Waals surface area (Å²) in [6, 6.07) is 3.56. The van der Waals surface area contributed by atoms with Crippen molar-refractivity contribution >= 4 is 6.09 Å². The number of carbonyl (C=O) groups excluding carboxylic acids is 1. The molecule has 0 aromatic carbocycles. The maximum absolute atomic E-state index is 10.9. The molecule has 0 aliphatic rings. The molecule has 0 saturated carbocycles. The Kier molecular flexibility index (Phi) is 3.88. The molecule has 1 heterocycles. The van der Waals surface area contributed by atoms with Gasteiger partial charge in [-0.3, -0.25) is 0 Å². The quantitative estimate of drug-likeness (QED) is 0.775. The van der Waals surface area contributed by atoms with Crippen LogP contribution in [-0.4, -0.2) is 12.7 Å². The molecule has 0 bridgehead atoms. The van der Waals surface area contributed by atoms with Gasteiger partial charge in [-0.05, 0) is 18.6 Å². The van der Waals surface area contributed by atoms with Gasteiger partial charge in [0.05, 0.1) is 19.4 Å². The van der Waals surface area contributed by atoms with E-state index in [2.05, 4.69) is 5.32 Å². The van der Waals surface area contributed by atoms with Crippen molar-refractivity contribution in [2.75, 3.05) is 6.61 Å². The Hall–Kier alpha value is -1.45. The largest absolute Gasteiger partial charge is 0.467 e. The molecule has 1 amide bonds. The van der Waals surface area contributed by atoms with Gasteiger partial charge in [-0.1, -0.05) is 6.92 Å². The van der Waals surface area contributed by atoms with Gasteiger partial charge in [-0.2, -0.15) is 0 Å². The lowest BCUT2D eigenvalue weighted by atomic mass is 10.4. The van der Waals surface area contributed by atoms with Gasteiger partial charge < -0.3 is 14.5 Å². The molecular formula is C9H13NO3. The van der Waals surface area contributed by atoms with Crippen molar-refractivity contribution in [1.82, 2.24) is 5.32 Å². The van der Waals surface area contributed by atoms with Crippen molar-refractivity contribution in [1.29, 1.82) is 0 Å². The highest BCUT2D eigenvalue weighted by molar-refractivity contribution is 5.66. The van der Waals surface area contributed by atoms with E-state index in [9.17, 15) is 4.79 Å². The fourth-order valence-corrected chi connectivity index (χ4v) is 0.818. The summed E-state index contributed by atoms with van der Waals surface area (Å²) < 4.78 is 9.82. The van der Waals surface area contributed by atoms with E-state index in [4.69, 9.17) is 9.15 Å². The molecule has 0 atom stereocenters. The molecule has 0 unspecified atom stereocenters. The first-order chi connectivity index (χ1) is 6.33. The molecule has 0 fully saturated rings. The van der Waals surface area contributed by atoms with E-state index in [0.29, 0.717) is 18.9 Å². The van der Waals surface area contributed by atoms with Crippen molar-refractivity contribution in [3.63, 3.8) is 0 Å². The van der Waals surface area contributed by atoms with Crippen LogP contribution in [0.1, 0.15) is 19.1 Å². The van der Waals surface area contributed by atoms with Gasteiger partial charge in [0, 0.05) is 0 Å². The topological polar surface area (TPSA) is 51.5 Å². The Morgan fingerprint density at radius 1 is 1.69 bits per heavy atom. The molecule has 0 saturated heterocycles. The third kappa shape index (κ3) is 3.64. The number of rotatable bonds is 4. The number of carbonyl (C=O) groups is 1. The van der Waals surface area contributed by atoms with Gasteiger partial charge in [0.2, 0.25) is 0 Å². The predicted octanol–water partition coefficient (Wildman–Crippen LogP) is 1.92. The van der Waals surface area contributed by atoms with E-state index in [-0.39, 0.29) is 0 Å². The highest BCUT2D eigenvalue weighted by Crippen LogP contribution is 1.98. The maximum atomic E-state index is 10.9. The van der Waals surface area contributed by atoms with Crippen molar-refractivity contribution < 1.29 is 13.9 Å². The second kappa shape index (κ2) is 5.24. The second-order valence-corrected chi connectivity index (χ2v) is 2.57. The minimum Gasteiger partial charge on any atom is -0.467 e. The molecule has 0 radical (unpaired) electrons. The van der Waals surface area contributed by atoms with E-state index in [1.165, 1.54) is 0 Å². The highest BCUT2D eigenvalue weighted by Gasteiger charge is 2.01. The first-order valence-electron chi connectivity index (χ1n) is 4.26. The normalized spacial score (nSPS) is 9.62. The average molecular weight is 183 g/mol. The highest BCUT2D eigenvalue weighted by atomic mass is 16.5. The summed E-state index contributed by atoms with van der Waals surface area (Å²) in [6.45, 7) is 2.76. The van der Waals surface area contributed by atoms with Crippen LogP contribution in [0.4, 0.5) is 4.79 Å². The van der Waals surface area contributed by atoms with Gasteiger partial charge in [0.25, 0.3) is 0 Å². The zero-order chi connectivity index (χ0) is 9.52. The number of amides is 1. The third-order valence-corrected chi connectivity index (χ3v) is 1.42. The fraction of sp³-hybridized carbons (Fsp3) is 0.444. The summed E-state index contributed by atoms with van der Waals surface area (Å²) in [5.74, 6) is 0.716. The standard InChI is InChI=1S/C9H13NO3/c1-2-5-13-9(11)10-7-8-4-3-6-12-8/h3-4,6H,2,5,7H2,1H3,(H,10,11). The van der Waals surface area contributed by atoms with E-state index in [0.717, 1.165) is 6.42 Å². The van der Waals surface area contributed by atoms with Crippen LogP contribution < -0.4 is 5.32 Å². The van der Waals surface area contributed by atoms with E-state index in [1.54, 1.807) is 18.4 Å². The number of hydrogen-bond donors (Lipinski definition) is 1. The predicted molar refractivity (Wildman–Crippen MR) is 47.2 cm³/mol. The zero-order valence-corrected chi connectivity index (χ0v) is 7.58. The van der Waals surface area contributed by atoms with Crippen molar-refractivity contribution in [2.45, 2.75) is 19.9 Å². The lowest BCUT2D eigenvalue weighted by molar-refractivity contribution is 0.145. The molecule has 0 spiro atoms. The molecule has 13 heavy (non-hydrogen) atoms. The second-order valence-electron chi connectivity index (χ2n) is 2.57. The first kappa shape index (κ1) is 9.64. The number of nitrogens with one attached hydrogen (secondary N) is 1. The Bertz CT molecular complexity index is 243. The van der Waals surface area contributed by atoms with Crippen molar-refractivity contribution in [2.24, 2.45) is 0 Å². The van der Waals surface area contributed by atoms with Gasteiger partial charge in [0.15, 0.2) is 0 Å². The van der Waals surface area contributed by atoms with Crippen LogP contribution in [0.25, 0.3) is 0 Å². The molecule has 0 aliphatic carbocycles. The number of alkyl carbamates (subject to hydrolysis) is 1. The summed E-state index contributed by atoms with van der Waals surface area (Å²) >= 11 is 0. The Labute approximate surface area is 76.9 Å². The number of hydrogen-bond acceptors (Lipinski definition) is 3. The minimum absolute atomic E-state index is 0.371. The van der Waals surface area contributed by atoms with Crippen molar-refractivity contribution in [3.05, 3.63) is 24.2 Å². The average Bonchev–Trinajstić information content (AvgIpc) is 2.64. The summed E-state index contributed by atoms with van der Waals surface area (Å²) in [7, 11) is 0. The minimum atomic E-state index is -0.404. The zero-order valence-electron chi connectivity index (χ0n) is 7.58. The first-order valence-corrected chi connectivity index (χ1v) is 4.26. The molecule has 4 nitrogen and oxygen atoms in total. The van der Waals surface area contributed by atoms with Gasteiger partial charge in [0.1, 0.15) is 5.76 Å². The van der Waals surface area contributed by atoms with E-state index in [1.807, 2.05) is 6.92 Å². The molecule has 0 aliphatic heterocycles. The van der Waals surface area contributed by atoms with E-state index >= 15 is 0 Å². The molecular weight excluding hydrogens is 170 g/mol. The van der Waals surface area contributed by atoms with Crippen LogP contribution in [0.15, 0.2) is 22.8 Å². The molecule has 1 rings (SSSR count). The maximum Gasteiger partial charge on any atom is 0.407 e. The van der Waals surface area contributed by atoms with Crippen LogP contribution >= 0.6 is 0 Å². The van der Waals surface area contributed by atoms with Crippen LogP contribution in [-0.2, 0) is 11.3 Å². The summed E-state index contributed by atoms with van der Waals surface area (Å²) in [5.41, 5.74) is 0. The SMILES string of the molecule is CCCOC(=O)NCc1ccco1. The molecule has 1 aromatic heterocycles.